The summed E-state index contributed by atoms with van der Waals surface area (Å²) in [6.07, 6.45) is 0.964. The Balaban J connectivity index is 1.78. The molecule has 128 valence electrons. The van der Waals surface area contributed by atoms with E-state index in [0.29, 0.717) is 6.61 Å². The summed E-state index contributed by atoms with van der Waals surface area (Å²) in [4.78, 5) is 0. The molecule has 1 heterocycles. The van der Waals surface area contributed by atoms with Crippen LogP contribution in [0.1, 0.15) is 17.2 Å². The van der Waals surface area contributed by atoms with Crippen molar-refractivity contribution in [1.82, 2.24) is 5.32 Å². The van der Waals surface area contributed by atoms with E-state index in [-0.39, 0.29) is 6.04 Å². The Kier molecular flexibility index (Phi) is 5.11. The van der Waals surface area contributed by atoms with Gasteiger partial charge in [0.15, 0.2) is 11.5 Å². The van der Waals surface area contributed by atoms with Crippen LogP contribution in [0.25, 0.3) is 0 Å². The van der Waals surface area contributed by atoms with Gasteiger partial charge in [0.2, 0.25) is 0 Å². The molecule has 0 saturated heterocycles. The standard InChI is InChI=1S/C19H23NO4/c1-21-14-5-4-6-15(10-14)24-12-17-16-11-19(23-3)18(22-2)9-13(16)7-8-20-17/h4-6,9-11,17,20H,7-8,12H2,1-3H3. The summed E-state index contributed by atoms with van der Waals surface area (Å²) in [5.41, 5.74) is 2.47. The van der Waals surface area contributed by atoms with Crippen LogP contribution in [0.4, 0.5) is 0 Å². The molecule has 1 unspecified atom stereocenters. The molecule has 0 aliphatic carbocycles. The van der Waals surface area contributed by atoms with Crippen molar-refractivity contribution in [3.8, 4) is 23.0 Å². The second kappa shape index (κ2) is 7.45. The van der Waals surface area contributed by atoms with Crippen LogP contribution in [0.5, 0.6) is 23.0 Å². The van der Waals surface area contributed by atoms with Gasteiger partial charge >= 0.3 is 0 Å². The third kappa shape index (κ3) is 3.41. The molecule has 24 heavy (non-hydrogen) atoms. The van der Waals surface area contributed by atoms with Crippen molar-refractivity contribution < 1.29 is 18.9 Å². The number of nitrogens with one attached hydrogen (secondary N) is 1. The van der Waals surface area contributed by atoms with Crippen molar-refractivity contribution >= 4 is 0 Å². The lowest BCUT2D eigenvalue weighted by atomic mass is 9.94. The molecule has 1 N–H and O–H groups in total. The van der Waals surface area contributed by atoms with Crippen molar-refractivity contribution in [2.45, 2.75) is 12.5 Å². The highest BCUT2D eigenvalue weighted by atomic mass is 16.5. The zero-order valence-corrected chi connectivity index (χ0v) is 14.3. The minimum absolute atomic E-state index is 0.111. The molecule has 0 saturated carbocycles. The molecular weight excluding hydrogens is 306 g/mol. The molecule has 2 aromatic rings. The van der Waals surface area contributed by atoms with Crippen LogP contribution in [0.3, 0.4) is 0 Å². The maximum Gasteiger partial charge on any atom is 0.161 e. The van der Waals surface area contributed by atoms with Gasteiger partial charge in [-0.05, 0) is 48.4 Å². The summed E-state index contributed by atoms with van der Waals surface area (Å²) < 4.78 is 22.0. The Morgan fingerprint density at radius 1 is 0.958 bits per heavy atom. The highest BCUT2D eigenvalue weighted by Crippen LogP contribution is 2.35. The summed E-state index contributed by atoms with van der Waals surface area (Å²) in [6.45, 7) is 1.45. The highest BCUT2D eigenvalue weighted by molar-refractivity contribution is 5.49. The van der Waals surface area contributed by atoms with Crippen LogP contribution in [0.15, 0.2) is 36.4 Å². The van der Waals surface area contributed by atoms with Gasteiger partial charge in [-0.3, -0.25) is 0 Å². The monoisotopic (exact) mass is 329 g/mol. The van der Waals surface area contributed by atoms with Gasteiger partial charge in [0, 0.05) is 6.07 Å². The molecule has 3 rings (SSSR count). The fourth-order valence-electron chi connectivity index (χ4n) is 2.99. The second-order valence-corrected chi connectivity index (χ2v) is 5.65. The van der Waals surface area contributed by atoms with Gasteiger partial charge in [-0.2, -0.15) is 0 Å². The smallest absolute Gasteiger partial charge is 0.161 e. The number of rotatable bonds is 6. The fraction of sp³-hybridized carbons (Fsp3) is 0.368. The minimum atomic E-state index is 0.111. The Labute approximate surface area is 142 Å². The largest absolute Gasteiger partial charge is 0.497 e. The van der Waals surface area contributed by atoms with E-state index in [0.717, 1.165) is 36.0 Å². The summed E-state index contributed by atoms with van der Waals surface area (Å²) in [5, 5.41) is 3.51. The van der Waals surface area contributed by atoms with E-state index in [2.05, 4.69) is 11.4 Å². The Hall–Kier alpha value is -2.40. The zero-order chi connectivity index (χ0) is 16.9. The van der Waals surface area contributed by atoms with Gasteiger partial charge < -0.3 is 24.3 Å². The second-order valence-electron chi connectivity index (χ2n) is 5.65. The van der Waals surface area contributed by atoms with E-state index in [4.69, 9.17) is 18.9 Å². The Morgan fingerprint density at radius 3 is 2.46 bits per heavy atom. The Morgan fingerprint density at radius 2 is 1.71 bits per heavy atom. The summed E-state index contributed by atoms with van der Waals surface area (Å²) in [7, 11) is 4.97. The van der Waals surface area contributed by atoms with E-state index in [1.807, 2.05) is 30.3 Å². The molecule has 1 aliphatic rings. The first-order valence-electron chi connectivity index (χ1n) is 8.00. The number of methoxy groups -OCH3 is 3. The predicted octanol–water partition coefficient (Wildman–Crippen LogP) is 2.98. The number of hydrogen-bond acceptors (Lipinski definition) is 5. The maximum absolute atomic E-state index is 5.96. The van der Waals surface area contributed by atoms with Crippen LogP contribution in [-0.2, 0) is 6.42 Å². The van der Waals surface area contributed by atoms with Crippen LogP contribution in [0.2, 0.25) is 0 Å². The minimum Gasteiger partial charge on any atom is -0.497 e. The molecule has 1 aliphatic heterocycles. The van der Waals surface area contributed by atoms with E-state index >= 15 is 0 Å². The molecule has 0 amide bonds. The van der Waals surface area contributed by atoms with E-state index in [1.165, 1.54) is 11.1 Å². The summed E-state index contributed by atoms with van der Waals surface area (Å²) in [6, 6.07) is 11.9. The average molecular weight is 329 g/mol. The lowest BCUT2D eigenvalue weighted by Crippen LogP contribution is -2.33. The van der Waals surface area contributed by atoms with E-state index in [1.54, 1.807) is 21.3 Å². The molecule has 0 bridgehead atoms. The van der Waals surface area contributed by atoms with E-state index < -0.39 is 0 Å². The first-order valence-corrected chi connectivity index (χ1v) is 8.00. The maximum atomic E-state index is 5.96. The van der Waals surface area contributed by atoms with Crippen LogP contribution in [0, 0.1) is 0 Å². The predicted molar refractivity (Wildman–Crippen MR) is 92.5 cm³/mol. The molecule has 1 atom stereocenters. The number of ether oxygens (including phenoxy) is 4. The van der Waals surface area contributed by atoms with Gasteiger partial charge in [0.05, 0.1) is 27.4 Å². The molecule has 0 aromatic heterocycles. The molecule has 0 fully saturated rings. The van der Waals surface area contributed by atoms with Crippen molar-refractivity contribution in [3.63, 3.8) is 0 Å². The van der Waals surface area contributed by atoms with Gasteiger partial charge in [0.25, 0.3) is 0 Å². The van der Waals surface area contributed by atoms with Crippen LogP contribution >= 0.6 is 0 Å². The highest BCUT2D eigenvalue weighted by Gasteiger charge is 2.23. The number of fused-ring (bicyclic) bond motifs is 1. The normalized spacial score (nSPS) is 16.2. The number of benzene rings is 2. The average Bonchev–Trinajstić information content (AvgIpc) is 2.65. The molecule has 5 nitrogen and oxygen atoms in total. The molecule has 0 spiro atoms. The summed E-state index contributed by atoms with van der Waals surface area (Å²) >= 11 is 0. The van der Waals surface area contributed by atoms with Crippen molar-refractivity contribution in [1.29, 1.82) is 0 Å². The van der Waals surface area contributed by atoms with Gasteiger partial charge in [0.1, 0.15) is 18.1 Å². The van der Waals surface area contributed by atoms with Crippen molar-refractivity contribution in [2.75, 3.05) is 34.5 Å². The molecular formula is C19H23NO4. The van der Waals surface area contributed by atoms with Gasteiger partial charge in [-0.1, -0.05) is 6.07 Å². The number of hydrogen-bond donors (Lipinski definition) is 1. The Bertz CT molecular complexity index is 702. The molecule has 5 heteroatoms. The third-order valence-electron chi connectivity index (χ3n) is 4.26. The van der Waals surface area contributed by atoms with E-state index in [9.17, 15) is 0 Å². The SMILES string of the molecule is COc1cccc(OCC2NCCc3cc(OC)c(OC)cc32)c1. The zero-order valence-electron chi connectivity index (χ0n) is 14.3. The lowest BCUT2D eigenvalue weighted by molar-refractivity contribution is 0.259. The first-order chi connectivity index (χ1) is 11.7. The van der Waals surface area contributed by atoms with Gasteiger partial charge in [-0.25, -0.2) is 0 Å². The fourth-order valence-corrected chi connectivity index (χ4v) is 2.99. The first kappa shape index (κ1) is 16.5. The van der Waals surface area contributed by atoms with Crippen molar-refractivity contribution in [2.24, 2.45) is 0 Å². The van der Waals surface area contributed by atoms with Crippen molar-refractivity contribution in [3.05, 3.63) is 47.5 Å². The quantitative estimate of drug-likeness (QED) is 0.883. The lowest BCUT2D eigenvalue weighted by Gasteiger charge is -2.28. The topological polar surface area (TPSA) is 49.0 Å². The third-order valence-corrected chi connectivity index (χ3v) is 4.26. The molecule has 0 radical (unpaired) electrons. The van der Waals surface area contributed by atoms with Gasteiger partial charge in [-0.15, -0.1) is 0 Å². The van der Waals surface area contributed by atoms with Crippen LogP contribution in [-0.4, -0.2) is 34.5 Å². The van der Waals surface area contributed by atoms with Crippen LogP contribution < -0.4 is 24.3 Å². The summed E-state index contributed by atoms with van der Waals surface area (Å²) in [5.74, 6) is 3.09. The molecule has 2 aromatic carbocycles.